The lowest BCUT2D eigenvalue weighted by atomic mass is 9.79. The number of carbonyl (C=O) groups excluding carboxylic acids is 1. The van der Waals surface area contributed by atoms with E-state index in [2.05, 4.69) is 371 Å². The topological polar surface area (TPSA) is 243 Å². The third-order valence-electron chi connectivity index (χ3n) is 16.2. The molecule has 7 aromatic rings. The average Bonchev–Trinajstić information content (AvgIpc) is 1.65. The number of azo groups is 1. The van der Waals surface area contributed by atoms with Crippen LogP contribution in [-0.4, -0.2) is 80.7 Å². The first-order valence-corrected chi connectivity index (χ1v) is 37.5. The zero-order valence-electron chi connectivity index (χ0n) is 75.8. The van der Waals surface area contributed by atoms with Crippen molar-refractivity contribution in [2.24, 2.45) is 21.1 Å². The van der Waals surface area contributed by atoms with E-state index in [0.29, 0.717) is 0 Å². The lowest BCUT2D eigenvalue weighted by Crippen LogP contribution is -2.30. The Balaban J connectivity index is 0.000000600. The Labute approximate surface area is 637 Å². The molecule has 0 aromatic carbocycles. The van der Waals surface area contributed by atoms with Crippen molar-refractivity contribution < 1.29 is 18.4 Å². The largest absolute Gasteiger partial charge is 0.364 e. The van der Waals surface area contributed by atoms with Gasteiger partial charge in [-0.05, 0) is 110 Å². The van der Waals surface area contributed by atoms with Crippen LogP contribution >= 0.6 is 0 Å². The summed E-state index contributed by atoms with van der Waals surface area (Å²) in [5, 5.41) is 43.2. The third kappa shape index (κ3) is 29.7. The standard InChI is InChI=1S/C11H18N2O.2C11H20N2.2C11H19NO.C10H19N3.C10H18N2O.C9H18N4/c1-10(2,3)7-8(11(4,5)6)12-13-9(7)14;2*1-10(2,3)9-7-12-8-13(9)11(4,5)6;1-10(2,3)8-7-13-12-9(8)11(4,5)6;1-10(2,3)8-7-12-13-9(8)11(4,5)6;1-9(2,3)8-12-11-7-13(8)10(4,5)6;1-9(2,3)7-8(10(4,5)6)13-12-11-7;1-8(2,3)7-10-11-12-13(7)9(4,5)6/h1-6H3;2*7-8H,1-6H3;3*7H,1-6H3;2*1-6H3. The number of tetrazole rings is 1. The molecule has 0 N–H and O–H groups in total. The number of carbonyl (C=O) groups is 1. The number of allylic oxidation sites excluding steroid dienone is 1. The molecular formula is C84H151N17O4. The van der Waals surface area contributed by atoms with Gasteiger partial charge in [0.2, 0.25) is 0 Å². The summed E-state index contributed by atoms with van der Waals surface area (Å²) in [5.41, 5.74) is 9.29. The molecule has 0 aliphatic carbocycles. The second kappa shape index (κ2) is 33.8. The van der Waals surface area contributed by atoms with E-state index in [9.17, 15) is 4.79 Å². The summed E-state index contributed by atoms with van der Waals surface area (Å²) >= 11 is 0. The van der Waals surface area contributed by atoms with Crippen LogP contribution < -0.4 is 0 Å². The highest BCUT2D eigenvalue weighted by molar-refractivity contribution is 5.97. The highest BCUT2D eigenvalue weighted by Gasteiger charge is 2.38. The zero-order chi connectivity index (χ0) is 83.1. The summed E-state index contributed by atoms with van der Waals surface area (Å²) in [6.07, 6.45) is 13.2. The molecule has 0 atom stereocenters. The summed E-state index contributed by atoms with van der Waals surface area (Å²) in [6, 6.07) is 0. The fourth-order valence-electron chi connectivity index (χ4n) is 10.4. The fourth-order valence-corrected chi connectivity index (χ4v) is 10.4. The molecule has 1 amide bonds. The number of amides is 1. The SMILES string of the molecule is CC(C)(C)C1=C(C(C)(C)C)C(=O)N=N1.CC(C)(C)c1cncn1C(C)(C)C.CC(C)(C)c1cncn1C(C)(C)C.CC(C)(C)c1cnoc1C(C)(C)C.CC(C)(C)c1conc1C(C)(C)C.CC(C)(C)c1nncn1C(C)(C)C.CC(C)(C)c1nnnn1C(C)(C)C.CC(C)(C)c1nnoc1C(C)(C)C. The minimum absolute atomic E-state index is 0.00259. The van der Waals surface area contributed by atoms with Crippen molar-refractivity contribution in [1.29, 1.82) is 0 Å². The molecule has 8 rings (SSSR count). The van der Waals surface area contributed by atoms with Crippen molar-refractivity contribution in [3.05, 3.63) is 112 Å². The van der Waals surface area contributed by atoms with Crippen LogP contribution in [0.15, 0.2) is 78.9 Å². The van der Waals surface area contributed by atoms with E-state index in [1.807, 2.05) is 77.5 Å². The minimum atomic E-state index is -0.178. The smallest absolute Gasteiger partial charge is 0.293 e. The van der Waals surface area contributed by atoms with Gasteiger partial charge in [0.1, 0.15) is 29.9 Å². The zero-order valence-corrected chi connectivity index (χ0v) is 75.8. The van der Waals surface area contributed by atoms with E-state index in [0.717, 1.165) is 45.8 Å². The quantitative estimate of drug-likeness (QED) is 0.137. The molecule has 0 bridgehead atoms. The highest BCUT2D eigenvalue weighted by Crippen LogP contribution is 2.42. The van der Waals surface area contributed by atoms with Gasteiger partial charge >= 0.3 is 0 Å². The molecule has 21 heteroatoms. The lowest BCUT2D eigenvalue weighted by Gasteiger charge is -2.29. The molecule has 1 aliphatic rings. The van der Waals surface area contributed by atoms with Gasteiger partial charge in [-0.1, -0.05) is 260 Å². The van der Waals surface area contributed by atoms with Crippen LogP contribution in [0.4, 0.5) is 0 Å². The highest BCUT2D eigenvalue weighted by atomic mass is 16.5. The fraction of sp³-hybridized carbons (Fsp3) is 0.762. The van der Waals surface area contributed by atoms with Gasteiger partial charge in [0.05, 0.1) is 41.4 Å². The van der Waals surface area contributed by atoms with Crippen molar-refractivity contribution in [3.63, 3.8) is 0 Å². The number of nitrogens with zero attached hydrogens (tertiary/aromatic N) is 17. The summed E-state index contributed by atoms with van der Waals surface area (Å²) < 4.78 is 24.0. The summed E-state index contributed by atoms with van der Waals surface area (Å²) in [4.78, 5) is 20.0. The van der Waals surface area contributed by atoms with E-state index in [1.54, 1.807) is 12.6 Å². The third-order valence-corrected chi connectivity index (χ3v) is 16.2. The van der Waals surface area contributed by atoms with Gasteiger partial charge in [-0.3, -0.25) is 4.79 Å². The molecule has 0 spiro atoms. The van der Waals surface area contributed by atoms with Crippen molar-refractivity contribution in [2.45, 2.75) is 409 Å². The number of rotatable bonds is 0. The maximum atomic E-state index is 11.6. The van der Waals surface area contributed by atoms with Gasteiger partial charge in [0, 0.05) is 106 Å². The van der Waals surface area contributed by atoms with Gasteiger partial charge in [0.25, 0.3) is 5.91 Å². The van der Waals surface area contributed by atoms with Crippen LogP contribution in [0, 0.1) is 10.8 Å². The Bertz CT molecular complexity index is 3020. The molecule has 0 saturated heterocycles. The Morgan fingerprint density at radius 3 is 1.03 bits per heavy atom. The van der Waals surface area contributed by atoms with Crippen molar-refractivity contribution >= 4 is 5.91 Å². The second-order valence-corrected chi connectivity index (χ2v) is 44.2. The van der Waals surface area contributed by atoms with Gasteiger partial charge in [-0.25, -0.2) is 14.6 Å². The summed E-state index contributed by atoms with van der Waals surface area (Å²) in [5.74, 6) is 3.68. The van der Waals surface area contributed by atoms with E-state index in [1.165, 1.54) is 22.5 Å². The summed E-state index contributed by atoms with van der Waals surface area (Å²) in [6.45, 7) is 103. The molecule has 7 aromatic heterocycles. The molecular weight excluding hydrogens is 1310 g/mol. The molecule has 0 saturated carbocycles. The van der Waals surface area contributed by atoms with E-state index in [4.69, 9.17) is 13.6 Å². The monoisotopic (exact) mass is 1460 g/mol. The Hall–Kier alpha value is -6.80. The first-order chi connectivity index (χ1) is 46.2. The molecule has 0 radical (unpaired) electrons. The maximum Gasteiger partial charge on any atom is 0.293 e. The number of hydrogen-bond acceptors (Lipinski definition) is 16. The molecule has 105 heavy (non-hydrogen) atoms. The van der Waals surface area contributed by atoms with Gasteiger partial charge < -0.3 is 27.3 Å². The van der Waals surface area contributed by atoms with E-state index < -0.39 is 0 Å². The lowest BCUT2D eigenvalue weighted by molar-refractivity contribution is -0.115. The molecule has 21 nitrogen and oxygen atoms in total. The average molecular weight is 1460 g/mol. The Kier molecular flexibility index (Phi) is 30.9. The molecule has 0 unspecified atom stereocenters. The molecule has 8 heterocycles. The molecule has 0 fully saturated rings. The summed E-state index contributed by atoms with van der Waals surface area (Å²) in [7, 11) is 0. The predicted molar refractivity (Wildman–Crippen MR) is 432 cm³/mol. The van der Waals surface area contributed by atoms with Crippen molar-refractivity contribution in [1.82, 2.24) is 74.8 Å². The second-order valence-electron chi connectivity index (χ2n) is 44.2. The number of aromatic nitrogens is 15. The Morgan fingerprint density at radius 2 is 0.762 bits per heavy atom. The molecule has 1 aliphatic heterocycles. The van der Waals surface area contributed by atoms with Gasteiger partial charge in [-0.2, -0.15) is 5.11 Å². The first kappa shape index (κ1) is 96.2. The van der Waals surface area contributed by atoms with Gasteiger partial charge in [0.15, 0.2) is 11.6 Å². The van der Waals surface area contributed by atoms with Crippen molar-refractivity contribution in [2.75, 3.05) is 0 Å². The maximum absolute atomic E-state index is 11.6. The predicted octanol–water partition coefficient (Wildman–Crippen LogP) is 22.5. The van der Waals surface area contributed by atoms with Crippen LogP contribution in [0.3, 0.4) is 0 Å². The van der Waals surface area contributed by atoms with Crippen LogP contribution in [0.2, 0.25) is 0 Å². The first-order valence-electron chi connectivity index (χ1n) is 37.5. The van der Waals surface area contributed by atoms with E-state index in [-0.39, 0.29) is 93.0 Å². The minimum Gasteiger partial charge on any atom is -0.364 e. The number of imidazole rings is 2. The van der Waals surface area contributed by atoms with Gasteiger partial charge in [-0.15, -0.1) is 25.5 Å². The molecule has 596 valence electrons. The Morgan fingerprint density at radius 1 is 0.343 bits per heavy atom. The van der Waals surface area contributed by atoms with Crippen LogP contribution in [0.25, 0.3) is 0 Å². The van der Waals surface area contributed by atoms with E-state index >= 15 is 0 Å². The normalized spacial score (nSPS) is 14.0. The number of hydrogen-bond donors (Lipinski definition) is 0. The van der Waals surface area contributed by atoms with Crippen molar-refractivity contribution in [3.8, 4) is 0 Å². The van der Waals surface area contributed by atoms with Crippen LogP contribution in [-0.2, 0) is 81.1 Å². The van der Waals surface area contributed by atoms with Crippen LogP contribution in [0.5, 0.6) is 0 Å². The van der Waals surface area contributed by atoms with Crippen LogP contribution in [0.1, 0.15) is 389 Å².